The minimum absolute atomic E-state index is 0.123. The fourth-order valence-corrected chi connectivity index (χ4v) is 1.65. The zero-order valence-electron chi connectivity index (χ0n) is 8.34. The molecule has 0 amide bonds. The highest BCUT2D eigenvalue weighted by Crippen LogP contribution is 2.21. The summed E-state index contributed by atoms with van der Waals surface area (Å²) < 4.78 is 0. The number of halogens is 1. The van der Waals surface area contributed by atoms with E-state index in [1.165, 1.54) is 6.08 Å². The van der Waals surface area contributed by atoms with Crippen LogP contribution in [0.3, 0.4) is 0 Å². The minimum Gasteiger partial charge on any atom is -0.344 e. The van der Waals surface area contributed by atoms with Crippen molar-refractivity contribution in [3.63, 3.8) is 0 Å². The largest absolute Gasteiger partial charge is 0.344 e. The van der Waals surface area contributed by atoms with Crippen LogP contribution in [0, 0.1) is 10.1 Å². The molecule has 0 unspecified atom stereocenters. The van der Waals surface area contributed by atoms with E-state index in [0.29, 0.717) is 11.6 Å². The lowest BCUT2D eigenvalue weighted by Gasteiger charge is -2.20. The van der Waals surface area contributed by atoms with Gasteiger partial charge in [-0.2, -0.15) is 0 Å². The van der Waals surface area contributed by atoms with Crippen LogP contribution >= 0.6 is 11.6 Å². The van der Waals surface area contributed by atoms with Gasteiger partial charge in [-0.3, -0.25) is 10.1 Å². The van der Waals surface area contributed by atoms with Crippen LogP contribution in [0.2, 0.25) is 5.02 Å². The van der Waals surface area contributed by atoms with Gasteiger partial charge in [-0.15, -0.1) is 0 Å². The highest BCUT2D eigenvalue weighted by Gasteiger charge is 2.13. The topological polar surface area (TPSA) is 46.4 Å². The maximum Gasteiger partial charge on any atom is 0.268 e. The second-order valence-corrected chi connectivity index (χ2v) is 3.77. The van der Waals surface area contributed by atoms with E-state index in [0.717, 1.165) is 5.69 Å². The van der Waals surface area contributed by atoms with Crippen molar-refractivity contribution in [1.82, 2.24) is 0 Å². The first kappa shape index (κ1) is 10.7. The van der Waals surface area contributed by atoms with E-state index in [1.54, 1.807) is 18.3 Å². The lowest BCUT2D eigenvalue weighted by atomic mass is 10.2. The third-order valence-electron chi connectivity index (χ3n) is 2.27. The minimum atomic E-state index is -0.397. The number of benzene rings is 1. The quantitative estimate of drug-likeness (QED) is 0.586. The monoisotopic (exact) mass is 236 g/mol. The van der Waals surface area contributed by atoms with Crippen LogP contribution < -0.4 is 4.90 Å². The van der Waals surface area contributed by atoms with Gasteiger partial charge >= 0.3 is 0 Å². The molecule has 0 radical (unpaired) electrons. The van der Waals surface area contributed by atoms with Crippen LogP contribution in [0.5, 0.6) is 0 Å². The Balaban J connectivity index is 2.17. The van der Waals surface area contributed by atoms with Crippen molar-refractivity contribution < 1.29 is 4.92 Å². The van der Waals surface area contributed by atoms with Crippen molar-refractivity contribution in [3.05, 3.63) is 63.5 Å². The molecule has 0 N–H and O–H groups in total. The molecule has 0 saturated carbocycles. The summed E-state index contributed by atoms with van der Waals surface area (Å²) in [5.41, 5.74) is 1.04. The summed E-state index contributed by atoms with van der Waals surface area (Å²) in [7, 11) is 0. The Morgan fingerprint density at radius 1 is 1.44 bits per heavy atom. The van der Waals surface area contributed by atoms with E-state index in [9.17, 15) is 10.1 Å². The lowest BCUT2D eigenvalue weighted by Crippen LogP contribution is -2.20. The predicted molar refractivity (Wildman–Crippen MR) is 63.0 cm³/mol. The highest BCUT2D eigenvalue weighted by molar-refractivity contribution is 6.30. The molecular weight excluding hydrogens is 228 g/mol. The zero-order valence-corrected chi connectivity index (χ0v) is 9.09. The molecule has 0 saturated heterocycles. The molecule has 1 aromatic carbocycles. The Hall–Kier alpha value is -1.81. The van der Waals surface area contributed by atoms with Crippen LogP contribution in [0.4, 0.5) is 5.69 Å². The first-order chi connectivity index (χ1) is 7.66. The third kappa shape index (κ3) is 2.23. The van der Waals surface area contributed by atoms with Crippen molar-refractivity contribution in [2.75, 3.05) is 11.4 Å². The molecular formula is C11H9ClN2O2. The van der Waals surface area contributed by atoms with Crippen LogP contribution in [-0.2, 0) is 0 Å². The van der Waals surface area contributed by atoms with Crippen LogP contribution in [0.1, 0.15) is 0 Å². The molecule has 0 bridgehead atoms. The number of nitrogens with zero attached hydrogens (tertiary/aromatic N) is 2. The number of hydrogen-bond acceptors (Lipinski definition) is 3. The maximum atomic E-state index is 10.5. The summed E-state index contributed by atoms with van der Waals surface area (Å²) in [6.45, 7) is 0.479. The first-order valence-corrected chi connectivity index (χ1v) is 5.09. The SMILES string of the molecule is O=[N+]([O-])C1=CCN(c2cccc(Cl)c2)C=C1. The molecule has 1 aliphatic heterocycles. The van der Waals surface area contributed by atoms with Gasteiger partial charge in [-0.05, 0) is 18.2 Å². The average Bonchev–Trinajstić information content (AvgIpc) is 2.29. The van der Waals surface area contributed by atoms with Crippen LogP contribution in [0.15, 0.2) is 48.3 Å². The Kier molecular flexibility index (Phi) is 2.92. The fraction of sp³-hybridized carbons (Fsp3) is 0.0909. The van der Waals surface area contributed by atoms with Crippen molar-refractivity contribution >= 4 is 17.3 Å². The number of rotatable bonds is 2. The second-order valence-electron chi connectivity index (χ2n) is 3.33. The molecule has 1 aromatic rings. The van der Waals surface area contributed by atoms with Gasteiger partial charge in [0.1, 0.15) is 0 Å². The van der Waals surface area contributed by atoms with Crippen molar-refractivity contribution in [1.29, 1.82) is 0 Å². The first-order valence-electron chi connectivity index (χ1n) is 4.72. The van der Waals surface area contributed by atoms with Crippen LogP contribution in [-0.4, -0.2) is 11.5 Å². The van der Waals surface area contributed by atoms with E-state index in [1.807, 2.05) is 23.1 Å². The molecule has 0 aliphatic carbocycles. The van der Waals surface area contributed by atoms with Gasteiger partial charge in [0.2, 0.25) is 0 Å². The van der Waals surface area contributed by atoms with Gasteiger partial charge in [0.25, 0.3) is 5.70 Å². The van der Waals surface area contributed by atoms with E-state index in [-0.39, 0.29) is 5.70 Å². The summed E-state index contributed by atoms with van der Waals surface area (Å²) in [5, 5.41) is 11.1. The molecule has 4 nitrogen and oxygen atoms in total. The Morgan fingerprint density at radius 2 is 2.25 bits per heavy atom. The van der Waals surface area contributed by atoms with Gasteiger partial charge in [-0.25, -0.2) is 0 Å². The molecule has 16 heavy (non-hydrogen) atoms. The number of hydrogen-bond donors (Lipinski definition) is 0. The molecule has 1 aliphatic rings. The predicted octanol–water partition coefficient (Wildman–Crippen LogP) is 2.83. The van der Waals surface area contributed by atoms with Gasteiger partial charge < -0.3 is 4.90 Å². The fourth-order valence-electron chi connectivity index (χ4n) is 1.47. The molecule has 0 aromatic heterocycles. The summed E-state index contributed by atoms with van der Waals surface area (Å²) in [6.07, 6.45) is 4.73. The molecule has 0 atom stereocenters. The standard InChI is InChI=1S/C11H9ClN2O2/c12-9-2-1-3-11(8-9)13-6-4-10(5-7-13)14(15)16/h1-6,8H,7H2. The lowest BCUT2D eigenvalue weighted by molar-refractivity contribution is -0.419. The highest BCUT2D eigenvalue weighted by atomic mass is 35.5. The normalized spacial score (nSPS) is 14.8. The summed E-state index contributed by atoms with van der Waals surface area (Å²) in [5.74, 6) is 0. The molecule has 82 valence electrons. The van der Waals surface area contributed by atoms with Crippen molar-refractivity contribution in [2.45, 2.75) is 0 Å². The number of anilines is 1. The summed E-state index contributed by atoms with van der Waals surface area (Å²) >= 11 is 5.87. The molecule has 5 heteroatoms. The summed E-state index contributed by atoms with van der Waals surface area (Å²) in [6, 6.07) is 7.35. The van der Waals surface area contributed by atoms with E-state index < -0.39 is 4.92 Å². The average molecular weight is 237 g/mol. The van der Waals surface area contributed by atoms with E-state index in [4.69, 9.17) is 11.6 Å². The number of allylic oxidation sites excluding steroid dienone is 1. The Labute approximate surface area is 97.6 Å². The third-order valence-corrected chi connectivity index (χ3v) is 2.51. The molecule has 0 spiro atoms. The summed E-state index contributed by atoms with van der Waals surface area (Å²) in [4.78, 5) is 12.0. The van der Waals surface area contributed by atoms with Crippen molar-refractivity contribution in [3.8, 4) is 0 Å². The molecule has 0 fully saturated rings. The smallest absolute Gasteiger partial charge is 0.268 e. The van der Waals surface area contributed by atoms with E-state index >= 15 is 0 Å². The maximum absolute atomic E-state index is 10.5. The molecule has 1 heterocycles. The second kappa shape index (κ2) is 4.37. The number of nitro groups is 1. The zero-order chi connectivity index (χ0) is 11.5. The Bertz CT molecular complexity index is 483. The Morgan fingerprint density at radius 3 is 2.81 bits per heavy atom. The van der Waals surface area contributed by atoms with Gasteiger partial charge in [0.05, 0.1) is 4.92 Å². The van der Waals surface area contributed by atoms with Gasteiger partial charge in [0, 0.05) is 35.6 Å². The van der Waals surface area contributed by atoms with Crippen molar-refractivity contribution in [2.24, 2.45) is 0 Å². The van der Waals surface area contributed by atoms with Crippen LogP contribution in [0.25, 0.3) is 0 Å². The van der Waals surface area contributed by atoms with Gasteiger partial charge in [0.15, 0.2) is 0 Å². The van der Waals surface area contributed by atoms with Gasteiger partial charge in [-0.1, -0.05) is 17.7 Å². The van der Waals surface area contributed by atoms with E-state index in [2.05, 4.69) is 0 Å². The molecule has 2 rings (SSSR count).